The Morgan fingerprint density at radius 2 is 1.10 bits per heavy atom. The Labute approximate surface area is 191 Å². The van der Waals surface area contributed by atoms with Crippen molar-refractivity contribution in [2.75, 3.05) is 0 Å². The predicted octanol–water partition coefficient (Wildman–Crippen LogP) is 7.15. The van der Waals surface area contributed by atoms with Crippen LogP contribution in [0.5, 0.6) is 0 Å². The van der Waals surface area contributed by atoms with Crippen molar-refractivity contribution in [2.45, 2.75) is 77.3 Å². The van der Waals surface area contributed by atoms with E-state index in [0.717, 1.165) is 46.6 Å². The van der Waals surface area contributed by atoms with E-state index in [1.54, 1.807) is 10.4 Å². The minimum absolute atomic E-state index is 0.805. The Morgan fingerprint density at radius 1 is 0.581 bits per heavy atom. The standard InChI is InChI=1S/C30H42Si/c1-21-22(2)24(4)30(23(21)3)31(26-14-7-5-8-15-26,27-16-9-6-10-17-27)29-20-19-25-13-11-12-18-28(25)29/h5-10,14-17,21-25,28-30H,11-13,18-20H2,1-4H3. The molecular weight excluding hydrogens is 388 g/mol. The van der Waals surface area contributed by atoms with E-state index < -0.39 is 8.07 Å². The van der Waals surface area contributed by atoms with Gasteiger partial charge in [0, 0.05) is 0 Å². The third kappa shape index (κ3) is 3.29. The van der Waals surface area contributed by atoms with E-state index in [-0.39, 0.29) is 0 Å². The first-order chi connectivity index (χ1) is 15.1. The van der Waals surface area contributed by atoms with Crippen LogP contribution in [0.4, 0.5) is 0 Å². The highest BCUT2D eigenvalue weighted by molar-refractivity contribution is 7.04. The molecule has 0 radical (unpaired) electrons. The van der Waals surface area contributed by atoms with Gasteiger partial charge in [0.05, 0.1) is 0 Å². The van der Waals surface area contributed by atoms with Crippen molar-refractivity contribution in [3.63, 3.8) is 0 Å². The molecule has 0 saturated heterocycles. The zero-order chi connectivity index (χ0) is 21.6. The van der Waals surface area contributed by atoms with Gasteiger partial charge in [0.15, 0.2) is 0 Å². The fourth-order valence-electron chi connectivity index (χ4n) is 8.87. The summed E-state index contributed by atoms with van der Waals surface area (Å²) < 4.78 is 0. The Hall–Kier alpha value is -1.34. The molecule has 0 heterocycles. The number of fused-ring (bicyclic) bond motifs is 1. The lowest BCUT2D eigenvalue weighted by Gasteiger charge is -2.50. The van der Waals surface area contributed by atoms with Crippen molar-refractivity contribution in [2.24, 2.45) is 35.5 Å². The van der Waals surface area contributed by atoms with Gasteiger partial charge in [-0.2, -0.15) is 0 Å². The van der Waals surface area contributed by atoms with Gasteiger partial charge in [-0.3, -0.25) is 0 Å². The molecule has 31 heavy (non-hydrogen) atoms. The molecule has 3 saturated carbocycles. The SMILES string of the molecule is CC1C(C)C(C)C([Si](c2ccccc2)(c2ccccc2)C2CCC3CCCCC32)C1C. The molecule has 0 spiro atoms. The normalized spacial score (nSPS) is 38.2. The number of benzene rings is 2. The molecule has 3 aliphatic carbocycles. The highest BCUT2D eigenvalue weighted by Gasteiger charge is 2.61. The first kappa shape index (κ1) is 21.5. The summed E-state index contributed by atoms with van der Waals surface area (Å²) in [5.74, 6) is 5.22. The third-order valence-corrected chi connectivity index (χ3v) is 17.1. The zero-order valence-corrected chi connectivity index (χ0v) is 21.1. The Balaban J connectivity index is 1.77. The van der Waals surface area contributed by atoms with Crippen molar-refractivity contribution < 1.29 is 0 Å². The number of rotatable bonds is 4. The molecule has 2 aromatic carbocycles. The molecular formula is C30H42Si. The van der Waals surface area contributed by atoms with Crippen LogP contribution in [0, 0.1) is 35.5 Å². The Bertz CT molecular complexity index is 805. The van der Waals surface area contributed by atoms with Crippen LogP contribution in [-0.2, 0) is 0 Å². The van der Waals surface area contributed by atoms with Crippen molar-refractivity contribution in [1.29, 1.82) is 0 Å². The fraction of sp³-hybridized carbons (Fsp3) is 0.600. The van der Waals surface area contributed by atoms with E-state index in [1.807, 2.05) is 0 Å². The second kappa shape index (κ2) is 8.54. The molecule has 5 rings (SSSR count). The monoisotopic (exact) mass is 430 g/mol. The average Bonchev–Trinajstić information content (AvgIpc) is 3.33. The van der Waals surface area contributed by atoms with E-state index in [2.05, 4.69) is 88.4 Å². The minimum Gasteiger partial charge on any atom is -0.0626 e. The average molecular weight is 431 g/mol. The van der Waals surface area contributed by atoms with E-state index in [0.29, 0.717) is 0 Å². The maximum absolute atomic E-state index is 2.62. The summed E-state index contributed by atoms with van der Waals surface area (Å²) in [4.78, 5) is 0. The summed E-state index contributed by atoms with van der Waals surface area (Å²) in [6.07, 6.45) is 8.90. The van der Waals surface area contributed by atoms with Gasteiger partial charge in [-0.25, -0.2) is 0 Å². The molecule has 0 aromatic heterocycles. The summed E-state index contributed by atoms with van der Waals surface area (Å²) in [6, 6.07) is 24.0. The van der Waals surface area contributed by atoms with Crippen LogP contribution in [0.25, 0.3) is 0 Å². The molecule has 7 atom stereocenters. The molecule has 0 bridgehead atoms. The highest BCUT2D eigenvalue weighted by Crippen LogP contribution is 2.61. The van der Waals surface area contributed by atoms with Gasteiger partial charge >= 0.3 is 0 Å². The molecule has 3 fully saturated rings. The van der Waals surface area contributed by atoms with Crippen LogP contribution < -0.4 is 10.4 Å². The zero-order valence-electron chi connectivity index (χ0n) is 20.1. The molecule has 7 unspecified atom stereocenters. The molecule has 3 aliphatic rings. The van der Waals surface area contributed by atoms with Crippen molar-refractivity contribution in [1.82, 2.24) is 0 Å². The first-order valence-corrected chi connectivity index (χ1v) is 15.3. The molecule has 0 aliphatic heterocycles. The second-order valence-electron chi connectivity index (χ2n) is 11.5. The van der Waals surface area contributed by atoms with Gasteiger partial charge < -0.3 is 0 Å². The van der Waals surface area contributed by atoms with E-state index in [4.69, 9.17) is 0 Å². The summed E-state index contributed by atoms with van der Waals surface area (Å²) in [7, 11) is -2.00. The lowest BCUT2D eigenvalue weighted by atomic mass is 9.82. The minimum atomic E-state index is -2.00. The van der Waals surface area contributed by atoms with Gasteiger partial charge in [0.2, 0.25) is 0 Å². The first-order valence-electron chi connectivity index (χ1n) is 13.2. The Kier molecular flexibility index (Phi) is 5.92. The lowest BCUT2D eigenvalue weighted by molar-refractivity contribution is 0.273. The molecule has 1 heteroatoms. The van der Waals surface area contributed by atoms with Gasteiger partial charge in [0.25, 0.3) is 0 Å². The van der Waals surface area contributed by atoms with Crippen LogP contribution in [0.15, 0.2) is 60.7 Å². The van der Waals surface area contributed by atoms with Crippen LogP contribution in [0.3, 0.4) is 0 Å². The molecule has 0 N–H and O–H groups in total. The number of hydrogen-bond donors (Lipinski definition) is 0. The summed E-state index contributed by atoms with van der Waals surface area (Å²) >= 11 is 0. The predicted molar refractivity (Wildman–Crippen MR) is 137 cm³/mol. The molecule has 2 aromatic rings. The van der Waals surface area contributed by atoms with Gasteiger partial charge in [-0.05, 0) is 46.6 Å². The maximum Gasteiger partial charge on any atom is 0.124 e. The van der Waals surface area contributed by atoms with E-state index in [1.165, 1.54) is 38.5 Å². The molecule has 0 amide bonds. The summed E-state index contributed by atoms with van der Waals surface area (Å²) in [5.41, 5.74) is 1.75. The quantitative estimate of drug-likeness (QED) is 0.452. The van der Waals surface area contributed by atoms with Crippen molar-refractivity contribution in [3.8, 4) is 0 Å². The smallest absolute Gasteiger partial charge is 0.0626 e. The van der Waals surface area contributed by atoms with E-state index in [9.17, 15) is 0 Å². The topological polar surface area (TPSA) is 0 Å². The summed E-state index contributed by atoms with van der Waals surface area (Å²) in [6.45, 7) is 10.4. The van der Waals surface area contributed by atoms with Crippen LogP contribution in [0.1, 0.15) is 66.2 Å². The van der Waals surface area contributed by atoms with Crippen molar-refractivity contribution >= 4 is 18.4 Å². The second-order valence-corrected chi connectivity index (χ2v) is 15.8. The van der Waals surface area contributed by atoms with Gasteiger partial charge in [0.1, 0.15) is 8.07 Å². The molecule has 166 valence electrons. The van der Waals surface area contributed by atoms with Crippen LogP contribution in [-0.4, -0.2) is 8.07 Å². The molecule has 0 nitrogen and oxygen atoms in total. The summed E-state index contributed by atoms with van der Waals surface area (Å²) in [5, 5.41) is 3.48. The fourth-order valence-corrected chi connectivity index (χ4v) is 16.8. The largest absolute Gasteiger partial charge is 0.124 e. The maximum atomic E-state index is 2.62. The lowest BCUT2D eigenvalue weighted by Crippen LogP contribution is -2.67. The van der Waals surface area contributed by atoms with E-state index >= 15 is 0 Å². The highest BCUT2D eigenvalue weighted by atomic mass is 28.3. The van der Waals surface area contributed by atoms with Crippen molar-refractivity contribution in [3.05, 3.63) is 60.7 Å². The van der Waals surface area contributed by atoms with Crippen LogP contribution >= 0.6 is 0 Å². The van der Waals surface area contributed by atoms with Gasteiger partial charge in [-0.15, -0.1) is 0 Å². The Morgan fingerprint density at radius 3 is 1.65 bits per heavy atom. The van der Waals surface area contributed by atoms with Gasteiger partial charge in [-0.1, -0.05) is 137 Å². The van der Waals surface area contributed by atoms with Crippen LogP contribution in [0.2, 0.25) is 11.1 Å². The number of hydrogen-bond acceptors (Lipinski definition) is 0. The third-order valence-electron chi connectivity index (χ3n) is 10.6.